The van der Waals surface area contributed by atoms with Crippen molar-refractivity contribution in [2.24, 2.45) is 17.8 Å². The molecule has 5 rings (SSSR count). The summed E-state index contributed by atoms with van der Waals surface area (Å²) in [7, 11) is 0. The van der Waals surface area contributed by atoms with E-state index in [9.17, 15) is 0 Å². The second kappa shape index (κ2) is 4.04. The average molecular weight is 282 g/mol. The smallest absolute Gasteiger partial charge is 0.0402 e. The molecule has 1 aromatic carbocycles. The van der Waals surface area contributed by atoms with Gasteiger partial charge in [0.05, 0.1) is 0 Å². The Balaban J connectivity index is 1.68. The van der Waals surface area contributed by atoms with Gasteiger partial charge < -0.3 is 5.32 Å². The molecular formula is C19H26N2. The van der Waals surface area contributed by atoms with Gasteiger partial charge in [-0.15, -0.1) is 0 Å². The molecule has 2 heteroatoms. The number of nitrogens with zero attached hydrogens (tertiary/aromatic N) is 1. The van der Waals surface area contributed by atoms with Gasteiger partial charge in [0.2, 0.25) is 0 Å². The summed E-state index contributed by atoms with van der Waals surface area (Å²) < 4.78 is 0. The third kappa shape index (κ3) is 1.34. The highest BCUT2D eigenvalue weighted by Crippen LogP contribution is 2.61. The number of hydrogen-bond acceptors (Lipinski definition) is 2. The first-order chi connectivity index (χ1) is 10.3. The molecule has 112 valence electrons. The first-order valence-corrected chi connectivity index (χ1v) is 8.86. The van der Waals surface area contributed by atoms with Crippen LogP contribution in [0.25, 0.3) is 0 Å². The van der Waals surface area contributed by atoms with Crippen molar-refractivity contribution in [3.05, 3.63) is 29.8 Å². The maximum atomic E-state index is 3.95. The van der Waals surface area contributed by atoms with Gasteiger partial charge in [0.1, 0.15) is 0 Å². The molecule has 3 heterocycles. The first-order valence-electron chi connectivity index (χ1n) is 8.86. The van der Waals surface area contributed by atoms with Crippen molar-refractivity contribution in [1.82, 2.24) is 4.90 Å². The van der Waals surface area contributed by atoms with Crippen LogP contribution in [0.15, 0.2) is 24.3 Å². The van der Waals surface area contributed by atoms with Crippen LogP contribution < -0.4 is 5.32 Å². The molecule has 2 bridgehead atoms. The number of piperidine rings is 1. The quantitative estimate of drug-likeness (QED) is 0.848. The fourth-order valence-electron chi connectivity index (χ4n) is 6.52. The minimum absolute atomic E-state index is 0.408. The van der Waals surface area contributed by atoms with Crippen molar-refractivity contribution in [2.75, 3.05) is 18.4 Å². The molecule has 1 N–H and O–H groups in total. The molecule has 1 aromatic rings. The Bertz CT molecular complexity index is 583. The lowest BCUT2D eigenvalue weighted by molar-refractivity contribution is -0.0128. The Morgan fingerprint density at radius 2 is 2.19 bits per heavy atom. The van der Waals surface area contributed by atoms with Crippen molar-refractivity contribution in [3.8, 4) is 0 Å². The lowest BCUT2D eigenvalue weighted by atomic mass is 9.55. The van der Waals surface area contributed by atoms with Crippen molar-refractivity contribution in [2.45, 2.75) is 50.6 Å². The molecule has 6 atom stereocenters. The maximum absolute atomic E-state index is 3.95. The highest BCUT2D eigenvalue weighted by Gasteiger charge is 2.64. The van der Waals surface area contributed by atoms with Crippen LogP contribution in [0.5, 0.6) is 0 Å². The van der Waals surface area contributed by atoms with Gasteiger partial charge in [-0.25, -0.2) is 0 Å². The van der Waals surface area contributed by atoms with Crippen molar-refractivity contribution < 1.29 is 0 Å². The molecule has 4 aliphatic rings. The number of hydrogen-bond donors (Lipinski definition) is 1. The van der Waals surface area contributed by atoms with Crippen molar-refractivity contribution in [3.63, 3.8) is 0 Å². The van der Waals surface area contributed by atoms with E-state index in [1.54, 1.807) is 5.56 Å². The topological polar surface area (TPSA) is 15.3 Å². The predicted octanol–water partition coefficient (Wildman–Crippen LogP) is 3.49. The van der Waals surface area contributed by atoms with Crippen molar-refractivity contribution in [1.29, 1.82) is 0 Å². The van der Waals surface area contributed by atoms with Gasteiger partial charge in [0, 0.05) is 29.7 Å². The lowest BCUT2D eigenvalue weighted by Crippen LogP contribution is -2.63. The molecule has 1 saturated carbocycles. The molecule has 1 aliphatic carbocycles. The first kappa shape index (κ1) is 12.5. The van der Waals surface area contributed by atoms with Crippen molar-refractivity contribution >= 4 is 5.69 Å². The second-order valence-electron chi connectivity index (χ2n) is 7.90. The fourth-order valence-corrected chi connectivity index (χ4v) is 6.52. The summed E-state index contributed by atoms with van der Waals surface area (Å²) in [5, 5.41) is 3.95. The molecule has 0 unspecified atom stereocenters. The summed E-state index contributed by atoms with van der Waals surface area (Å²) in [6.07, 6.45) is 4.15. The van der Waals surface area contributed by atoms with E-state index < -0.39 is 0 Å². The van der Waals surface area contributed by atoms with Crippen LogP contribution in [0.3, 0.4) is 0 Å². The van der Waals surface area contributed by atoms with Gasteiger partial charge in [-0.05, 0) is 48.8 Å². The van der Waals surface area contributed by atoms with E-state index in [4.69, 9.17) is 0 Å². The zero-order valence-corrected chi connectivity index (χ0v) is 13.2. The molecule has 1 spiro atoms. The minimum Gasteiger partial charge on any atom is -0.381 e. The van der Waals surface area contributed by atoms with Gasteiger partial charge in [-0.3, -0.25) is 4.90 Å². The molecule has 0 aromatic heterocycles. The normalized spacial score (nSPS) is 46.9. The highest BCUT2D eigenvalue weighted by atomic mass is 15.2. The maximum Gasteiger partial charge on any atom is 0.0402 e. The number of para-hydroxylation sites is 1. The minimum atomic E-state index is 0.408. The Labute approximate surface area is 127 Å². The molecule has 21 heavy (non-hydrogen) atoms. The highest BCUT2D eigenvalue weighted by molar-refractivity contribution is 5.64. The summed E-state index contributed by atoms with van der Waals surface area (Å²) in [6.45, 7) is 7.59. The van der Waals surface area contributed by atoms with Gasteiger partial charge in [-0.2, -0.15) is 0 Å². The molecule has 2 saturated heterocycles. The zero-order valence-electron chi connectivity index (χ0n) is 13.2. The Morgan fingerprint density at radius 3 is 3.05 bits per heavy atom. The van der Waals surface area contributed by atoms with E-state index in [1.165, 1.54) is 38.0 Å². The van der Waals surface area contributed by atoms with Gasteiger partial charge in [0.25, 0.3) is 0 Å². The zero-order chi connectivity index (χ0) is 14.2. The summed E-state index contributed by atoms with van der Waals surface area (Å²) in [5.74, 6) is 2.64. The molecule has 2 nitrogen and oxygen atoms in total. The number of rotatable bonds is 1. The number of anilines is 1. The number of nitrogens with one attached hydrogen (secondary N) is 1. The van der Waals surface area contributed by atoms with Gasteiger partial charge >= 0.3 is 0 Å². The van der Waals surface area contributed by atoms with Gasteiger partial charge in [-0.1, -0.05) is 38.5 Å². The SMILES string of the molecule is CC[C@H]1CN2CC[C@@]34c5ccccc5N[C@H]3[C@H](C)[C@@H]1C[C@@H]24. The van der Waals surface area contributed by atoms with Crippen LogP contribution in [-0.4, -0.2) is 30.1 Å². The van der Waals surface area contributed by atoms with Crippen LogP contribution in [0, 0.1) is 17.8 Å². The molecule has 0 amide bonds. The van der Waals surface area contributed by atoms with Crippen LogP contribution >= 0.6 is 0 Å². The van der Waals surface area contributed by atoms with Crippen LogP contribution in [0.4, 0.5) is 5.69 Å². The Morgan fingerprint density at radius 1 is 1.33 bits per heavy atom. The third-order valence-corrected chi connectivity index (χ3v) is 7.44. The summed E-state index contributed by atoms with van der Waals surface area (Å²) in [4.78, 5) is 2.84. The molecule has 0 radical (unpaired) electrons. The van der Waals surface area contributed by atoms with E-state index in [1.807, 2.05) is 0 Å². The molecule has 3 aliphatic heterocycles. The van der Waals surface area contributed by atoms with E-state index in [0.717, 1.165) is 23.8 Å². The average Bonchev–Trinajstić information content (AvgIpc) is 3.07. The fraction of sp³-hybridized carbons (Fsp3) is 0.684. The van der Waals surface area contributed by atoms with E-state index in [0.29, 0.717) is 11.5 Å². The van der Waals surface area contributed by atoms with Crippen LogP contribution in [0.1, 0.15) is 38.7 Å². The Kier molecular flexibility index (Phi) is 2.41. The summed E-state index contributed by atoms with van der Waals surface area (Å²) in [5.41, 5.74) is 3.46. The monoisotopic (exact) mass is 282 g/mol. The van der Waals surface area contributed by atoms with E-state index in [2.05, 4.69) is 48.3 Å². The van der Waals surface area contributed by atoms with Gasteiger partial charge in [0.15, 0.2) is 0 Å². The molecule has 3 fully saturated rings. The summed E-state index contributed by atoms with van der Waals surface area (Å²) >= 11 is 0. The van der Waals surface area contributed by atoms with E-state index >= 15 is 0 Å². The molecular weight excluding hydrogens is 256 g/mol. The van der Waals surface area contributed by atoms with E-state index in [-0.39, 0.29) is 0 Å². The number of benzene rings is 1. The van der Waals surface area contributed by atoms with Crippen LogP contribution in [0.2, 0.25) is 0 Å². The van der Waals surface area contributed by atoms with Crippen LogP contribution in [-0.2, 0) is 5.41 Å². The largest absolute Gasteiger partial charge is 0.381 e. The lowest BCUT2D eigenvalue weighted by Gasteiger charge is -2.56. The number of fused-ring (bicyclic) bond motifs is 2. The summed E-state index contributed by atoms with van der Waals surface area (Å²) in [6, 6.07) is 10.6. The standard InChI is InChI=1S/C19H26N2/c1-3-13-11-21-9-8-19-15-6-4-5-7-16(15)20-18(19)12(2)14(13)10-17(19)21/h4-7,12-14,17-18,20H,3,8-11H2,1-2H3/t12-,13+,14+,17-,18+,19+/m1/s1. The Hall–Kier alpha value is -1.02. The predicted molar refractivity (Wildman–Crippen MR) is 86.6 cm³/mol. The third-order valence-electron chi connectivity index (χ3n) is 7.44. The second-order valence-corrected chi connectivity index (χ2v) is 7.90.